The molecule has 1 fully saturated rings. The van der Waals surface area contributed by atoms with E-state index in [9.17, 15) is 4.79 Å². The summed E-state index contributed by atoms with van der Waals surface area (Å²) < 4.78 is 18.2. The van der Waals surface area contributed by atoms with Crippen LogP contribution in [0, 0.1) is 0 Å². The van der Waals surface area contributed by atoms with Gasteiger partial charge in [-0.3, -0.25) is 9.48 Å². The Bertz CT molecular complexity index is 1120. The standard InChI is InChI=1S/C25H30N4O4/c1-5-33-23-9-7-6-8-21(23)28-12-14-29(15-13-28)25(30)22-17-20(26-27(22)2)19-11-10-18(31-3)16-24(19)32-4/h6-11,16-17H,5,12-15H2,1-4H3. The Labute approximate surface area is 194 Å². The second-order valence-electron chi connectivity index (χ2n) is 7.78. The van der Waals surface area contributed by atoms with Gasteiger partial charge in [-0.2, -0.15) is 5.10 Å². The Morgan fingerprint density at radius 3 is 2.42 bits per heavy atom. The molecule has 0 saturated carbocycles. The van der Waals surface area contributed by atoms with Crippen LogP contribution >= 0.6 is 0 Å². The molecule has 1 aromatic heterocycles. The first-order valence-corrected chi connectivity index (χ1v) is 11.1. The number of methoxy groups -OCH3 is 2. The molecule has 174 valence electrons. The average Bonchev–Trinajstić information content (AvgIpc) is 3.25. The fraction of sp³-hybridized carbons (Fsp3) is 0.360. The minimum absolute atomic E-state index is 0.0264. The summed E-state index contributed by atoms with van der Waals surface area (Å²) in [4.78, 5) is 17.5. The Morgan fingerprint density at radius 1 is 0.970 bits per heavy atom. The summed E-state index contributed by atoms with van der Waals surface area (Å²) in [7, 11) is 5.01. The van der Waals surface area contributed by atoms with Crippen LogP contribution in [0.15, 0.2) is 48.5 Å². The highest BCUT2D eigenvalue weighted by molar-refractivity contribution is 5.94. The van der Waals surface area contributed by atoms with Crippen molar-refractivity contribution in [2.24, 2.45) is 7.05 Å². The number of amides is 1. The number of piperazine rings is 1. The van der Waals surface area contributed by atoms with Crippen LogP contribution in [0.2, 0.25) is 0 Å². The lowest BCUT2D eigenvalue weighted by atomic mass is 10.1. The number of anilines is 1. The lowest BCUT2D eigenvalue weighted by molar-refractivity contribution is 0.0735. The molecule has 3 aromatic rings. The van der Waals surface area contributed by atoms with E-state index in [0.29, 0.717) is 42.6 Å². The van der Waals surface area contributed by atoms with Crippen LogP contribution in [-0.4, -0.2) is 67.6 Å². The van der Waals surface area contributed by atoms with E-state index < -0.39 is 0 Å². The molecule has 33 heavy (non-hydrogen) atoms. The molecule has 8 nitrogen and oxygen atoms in total. The van der Waals surface area contributed by atoms with E-state index in [1.54, 1.807) is 25.9 Å². The van der Waals surface area contributed by atoms with Gasteiger partial charge < -0.3 is 24.0 Å². The van der Waals surface area contributed by atoms with Crippen molar-refractivity contribution >= 4 is 11.6 Å². The summed E-state index contributed by atoms with van der Waals surface area (Å²) in [6, 6.07) is 15.4. The highest BCUT2D eigenvalue weighted by atomic mass is 16.5. The van der Waals surface area contributed by atoms with Crippen molar-refractivity contribution in [2.75, 3.05) is 51.9 Å². The maximum absolute atomic E-state index is 13.3. The number of hydrogen-bond donors (Lipinski definition) is 0. The Kier molecular flexibility index (Phi) is 6.72. The monoisotopic (exact) mass is 450 g/mol. The predicted octanol–water partition coefficient (Wildman–Crippen LogP) is 3.47. The predicted molar refractivity (Wildman–Crippen MR) is 127 cm³/mol. The zero-order valence-corrected chi connectivity index (χ0v) is 19.6. The van der Waals surface area contributed by atoms with Gasteiger partial charge in [-0.25, -0.2) is 0 Å². The summed E-state index contributed by atoms with van der Waals surface area (Å²) in [5.41, 5.74) is 3.11. The quantitative estimate of drug-likeness (QED) is 0.549. The van der Waals surface area contributed by atoms with E-state index in [-0.39, 0.29) is 5.91 Å². The molecular weight excluding hydrogens is 420 g/mol. The van der Waals surface area contributed by atoms with Gasteiger partial charge in [-0.15, -0.1) is 0 Å². The lowest BCUT2D eigenvalue weighted by Gasteiger charge is -2.36. The number of nitrogens with zero attached hydrogens (tertiary/aromatic N) is 4. The van der Waals surface area contributed by atoms with E-state index in [2.05, 4.69) is 16.1 Å². The van der Waals surface area contributed by atoms with Gasteiger partial charge in [0.25, 0.3) is 5.91 Å². The molecule has 0 aliphatic carbocycles. The van der Waals surface area contributed by atoms with Gasteiger partial charge in [0, 0.05) is 44.9 Å². The Morgan fingerprint density at radius 2 is 1.73 bits per heavy atom. The van der Waals surface area contributed by atoms with E-state index in [4.69, 9.17) is 14.2 Å². The molecule has 0 N–H and O–H groups in total. The van der Waals surface area contributed by atoms with Crippen molar-refractivity contribution in [3.05, 3.63) is 54.2 Å². The molecule has 0 bridgehead atoms. The molecule has 0 unspecified atom stereocenters. The first-order chi connectivity index (χ1) is 16.0. The van der Waals surface area contributed by atoms with Gasteiger partial charge in [0.2, 0.25) is 0 Å². The molecule has 8 heteroatoms. The second-order valence-corrected chi connectivity index (χ2v) is 7.78. The van der Waals surface area contributed by atoms with Crippen molar-refractivity contribution in [1.82, 2.24) is 14.7 Å². The summed E-state index contributed by atoms with van der Waals surface area (Å²) >= 11 is 0. The summed E-state index contributed by atoms with van der Waals surface area (Å²) in [5.74, 6) is 2.20. The number of ether oxygens (including phenoxy) is 3. The lowest BCUT2D eigenvalue weighted by Crippen LogP contribution is -2.49. The molecular formula is C25H30N4O4. The normalized spacial score (nSPS) is 13.7. The Balaban J connectivity index is 1.49. The molecule has 4 rings (SSSR count). The molecule has 1 saturated heterocycles. The number of carbonyl (C=O) groups is 1. The highest BCUT2D eigenvalue weighted by Crippen LogP contribution is 2.33. The smallest absolute Gasteiger partial charge is 0.272 e. The Hall–Kier alpha value is -3.68. The van der Waals surface area contributed by atoms with Gasteiger partial charge in [0.1, 0.15) is 22.9 Å². The van der Waals surface area contributed by atoms with Gasteiger partial charge in [-0.05, 0) is 37.3 Å². The van der Waals surface area contributed by atoms with Crippen LogP contribution < -0.4 is 19.1 Å². The van der Waals surface area contributed by atoms with Crippen molar-refractivity contribution in [3.8, 4) is 28.5 Å². The van der Waals surface area contributed by atoms with Crippen LogP contribution in [0.4, 0.5) is 5.69 Å². The maximum Gasteiger partial charge on any atom is 0.272 e. The van der Waals surface area contributed by atoms with E-state index >= 15 is 0 Å². The summed E-state index contributed by atoms with van der Waals surface area (Å²) in [6.45, 7) is 5.35. The van der Waals surface area contributed by atoms with E-state index in [1.807, 2.05) is 54.3 Å². The van der Waals surface area contributed by atoms with Crippen LogP contribution in [0.3, 0.4) is 0 Å². The minimum Gasteiger partial charge on any atom is -0.497 e. The number of benzene rings is 2. The third-order valence-corrected chi connectivity index (χ3v) is 5.86. The zero-order valence-electron chi connectivity index (χ0n) is 19.6. The molecule has 1 aliphatic rings. The number of carbonyl (C=O) groups excluding carboxylic acids is 1. The third-order valence-electron chi connectivity index (χ3n) is 5.86. The van der Waals surface area contributed by atoms with Gasteiger partial charge >= 0.3 is 0 Å². The van der Waals surface area contributed by atoms with Gasteiger partial charge in [0.05, 0.1) is 32.2 Å². The number of aromatic nitrogens is 2. The van der Waals surface area contributed by atoms with Crippen LogP contribution in [0.1, 0.15) is 17.4 Å². The van der Waals surface area contributed by atoms with Gasteiger partial charge in [0.15, 0.2) is 0 Å². The molecule has 0 atom stereocenters. The molecule has 2 heterocycles. The van der Waals surface area contributed by atoms with Crippen LogP contribution in [0.5, 0.6) is 17.2 Å². The molecule has 0 radical (unpaired) electrons. The zero-order chi connectivity index (χ0) is 23.4. The number of aryl methyl sites for hydroxylation is 1. The van der Waals surface area contributed by atoms with Crippen LogP contribution in [0.25, 0.3) is 11.3 Å². The van der Waals surface area contributed by atoms with Crippen molar-refractivity contribution in [3.63, 3.8) is 0 Å². The average molecular weight is 451 g/mol. The fourth-order valence-electron chi connectivity index (χ4n) is 4.12. The molecule has 0 spiro atoms. The molecule has 1 aliphatic heterocycles. The highest BCUT2D eigenvalue weighted by Gasteiger charge is 2.26. The van der Waals surface area contributed by atoms with Crippen molar-refractivity contribution in [2.45, 2.75) is 6.92 Å². The second kappa shape index (κ2) is 9.85. The minimum atomic E-state index is -0.0264. The van der Waals surface area contributed by atoms with E-state index in [1.165, 1.54) is 0 Å². The third kappa shape index (κ3) is 4.60. The van der Waals surface area contributed by atoms with Gasteiger partial charge in [-0.1, -0.05) is 12.1 Å². The van der Waals surface area contributed by atoms with Crippen LogP contribution in [-0.2, 0) is 7.05 Å². The first kappa shape index (κ1) is 22.5. The fourth-order valence-corrected chi connectivity index (χ4v) is 4.12. The SMILES string of the molecule is CCOc1ccccc1N1CCN(C(=O)c2cc(-c3ccc(OC)cc3OC)nn2C)CC1. The maximum atomic E-state index is 13.3. The summed E-state index contributed by atoms with van der Waals surface area (Å²) in [5, 5.41) is 4.58. The largest absolute Gasteiger partial charge is 0.497 e. The number of rotatable bonds is 7. The van der Waals surface area contributed by atoms with Crippen molar-refractivity contribution in [1.29, 1.82) is 0 Å². The molecule has 1 amide bonds. The number of para-hydroxylation sites is 2. The van der Waals surface area contributed by atoms with Crippen molar-refractivity contribution < 1.29 is 19.0 Å². The number of hydrogen-bond acceptors (Lipinski definition) is 6. The summed E-state index contributed by atoms with van der Waals surface area (Å²) in [6.07, 6.45) is 0. The molecule has 2 aromatic carbocycles. The topological polar surface area (TPSA) is 69.1 Å². The van der Waals surface area contributed by atoms with E-state index in [0.717, 1.165) is 30.1 Å². The first-order valence-electron chi connectivity index (χ1n) is 11.1.